The first-order chi connectivity index (χ1) is 11.6. The minimum atomic E-state index is -1.18. The number of nitrogens with two attached hydrogens (primary N) is 1. The first-order valence-electron chi connectivity index (χ1n) is 7.16. The molecule has 7 heteroatoms. The summed E-state index contributed by atoms with van der Waals surface area (Å²) in [7, 11) is 0. The van der Waals surface area contributed by atoms with Gasteiger partial charge in [0.1, 0.15) is 6.61 Å². The first kappa shape index (κ1) is 17.0. The number of carboxylic acid groups (broad SMARTS) is 1. The van der Waals surface area contributed by atoms with Crippen molar-refractivity contribution in [1.82, 2.24) is 10.3 Å². The second-order valence-corrected chi connectivity index (χ2v) is 4.86. The second-order valence-electron chi connectivity index (χ2n) is 4.86. The van der Waals surface area contributed by atoms with Crippen molar-refractivity contribution in [3.63, 3.8) is 0 Å². The van der Waals surface area contributed by atoms with Gasteiger partial charge in [-0.15, -0.1) is 0 Å². The van der Waals surface area contributed by atoms with Crippen molar-refractivity contribution in [3.05, 3.63) is 65.5 Å². The van der Waals surface area contributed by atoms with E-state index in [9.17, 15) is 9.59 Å². The zero-order valence-electron chi connectivity index (χ0n) is 12.8. The van der Waals surface area contributed by atoms with Crippen molar-refractivity contribution in [3.8, 4) is 0 Å². The number of carbonyl (C=O) groups excluding carboxylic acids is 1. The maximum atomic E-state index is 11.5. The van der Waals surface area contributed by atoms with Gasteiger partial charge in [-0.1, -0.05) is 42.5 Å². The summed E-state index contributed by atoms with van der Waals surface area (Å²) in [4.78, 5) is 26.1. The highest BCUT2D eigenvalue weighted by Crippen LogP contribution is 2.12. The van der Waals surface area contributed by atoms with Crippen LogP contribution in [0.3, 0.4) is 0 Å². The predicted molar refractivity (Wildman–Crippen MR) is 89.3 cm³/mol. The Labute approximate surface area is 138 Å². The molecule has 1 aromatic carbocycles. The van der Waals surface area contributed by atoms with Crippen LogP contribution in [-0.4, -0.2) is 28.7 Å². The van der Waals surface area contributed by atoms with Gasteiger partial charge in [-0.2, -0.15) is 0 Å². The summed E-state index contributed by atoms with van der Waals surface area (Å²) in [6.45, 7) is 0.460. The molecule has 0 unspecified atom stereocenters. The summed E-state index contributed by atoms with van der Waals surface area (Å²) in [6.07, 6.45) is 4.22. The van der Waals surface area contributed by atoms with Gasteiger partial charge in [0, 0.05) is 12.7 Å². The molecular weight excluding hydrogens is 310 g/mol. The zero-order chi connectivity index (χ0) is 17.4. The molecule has 1 aromatic heterocycles. The number of amides is 1. The van der Waals surface area contributed by atoms with Crippen molar-refractivity contribution in [2.24, 2.45) is 0 Å². The van der Waals surface area contributed by atoms with E-state index in [1.54, 1.807) is 12.2 Å². The molecule has 7 nitrogen and oxygen atoms in total. The lowest BCUT2D eigenvalue weighted by Crippen LogP contribution is -2.24. The summed E-state index contributed by atoms with van der Waals surface area (Å²) in [5.74, 6) is -1.18. The smallest absolute Gasteiger partial charge is 0.407 e. The van der Waals surface area contributed by atoms with Crippen molar-refractivity contribution in [2.75, 3.05) is 12.3 Å². The molecule has 0 aliphatic carbocycles. The fourth-order valence-corrected chi connectivity index (χ4v) is 1.88. The number of pyridine rings is 1. The average molecular weight is 327 g/mol. The Hall–Kier alpha value is -3.35. The van der Waals surface area contributed by atoms with Crippen LogP contribution in [-0.2, 0) is 11.3 Å². The Morgan fingerprint density at radius 3 is 2.71 bits per heavy atom. The highest BCUT2D eigenvalue weighted by molar-refractivity contribution is 5.91. The van der Waals surface area contributed by atoms with Crippen LogP contribution in [0.5, 0.6) is 0 Å². The third-order valence-electron chi connectivity index (χ3n) is 3.03. The van der Waals surface area contributed by atoms with Crippen molar-refractivity contribution < 1.29 is 19.4 Å². The Morgan fingerprint density at radius 1 is 1.29 bits per heavy atom. The van der Waals surface area contributed by atoms with Gasteiger partial charge in [0.05, 0.1) is 5.69 Å². The highest BCUT2D eigenvalue weighted by atomic mass is 16.5. The molecule has 4 N–H and O–H groups in total. The van der Waals surface area contributed by atoms with Crippen LogP contribution < -0.4 is 11.1 Å². The number of aromatic carboxylic acids is 1. The average Bonchev–Trinajstić information content (AvgIpc) is 2.57. The molecule has 0 radical (unpaired) electrons. The summed E-state index contributed by atoms with van der Waals surface area (Å²) in [5, 5.41) is 11.4. The molecule has 0 atom stereocenters. The van der Waals surface area contributed by atoms with Crippen LogP contribution in [0.25, 0.3) is 6.08 Å². The van der Waals surface area contributed by atoms with E-state index in [2.05, 4.69) is 10.3 Å². The van der Waals surface area contributed by atoms with Crippen molar-refractivity contribution >= 4 is 23.8 Å². The van der Waals surface area contributed by atoms with E-state index >= 15 is 0 Å². The number of hydrogen-bond acceptors (Lipinski definition) is 5. The van der Waals surface area contributed by atoms with Crippen LogP contribution in [0, 0.1) is 0 Å². The number of rotatable bonds is 6. The second kappa shape index (κ2) is 8.33. The van der Waals surface area contributed by atoms with Crippen LogP contribution in [0.4, 0.5) is 10.5 Å². The molecule has 0 fully saturated rings. The largest absolute Gasteiger partial charge is 0.476 e. The number of anilines is 1. The fraction of sp³-hybridized carbons (Fsp3) is 0.118. The normalized spacial score (nSPS) is 10.5. The van der Waals surface area contributed by atoms with Crippen molar-refractivity contribution in [1.29, 1.82) is 0 Å². The van der Waals surface area contributed by atoms with Crippen LogP contribution in [0.2, 0.25) is 0 Å². The quantitative estimate of drug-likeness (QED) is 0.750. The van der Waals surface area contributed by atoms with Gasteiger partial charge in [0.2, 0.25) is 0 Å². The lowest BCUT2D eigenvalue weighted by molar-refractivity contribution is 0.0691. The molecule has 2 rings (SSSR count). The van der Waals surface area contributed by atoms with Gasteiger partial charge < -0.3 is 20.9 Å². The van der Waals surface area contributed by atoms with Gasteiger partial charge >= 0.3 is 12.1 Å². The first-order valence-corrected chi connectivity index (χ1v) is 7.16. The highest BCUT2D eigenvalue weighted by Gasteiger charge is 2.08. The van der Waals surface area contributed by atoms with E-state index in [0.29, 0.717) is 5.56 Å². The van der Waals surface area contributed by atoms with Gasteiger partial charge in [0.25, 0.3) is 0 Å². The number of nitrogens with zero attached hydrogens (tertiary/aromatic N) is 1. The van der Waals surface area contributed by atoms with E-state index < -0.39 is 12.1 Å². The molecule has 1 heterocycles. The summed E-state index contributed by atoms with van der Waals surface area (Å²) >= 11 is 0. The van der Waals surface area contributed by atoms with E-state index in [1.165, 1.54) is 12.3 Å². The minimum Gasteiger partial charge on any atom is -0.476 e. The fourth-order valence-electron chi connectivity index (χ4n) is 1.88. The van der Waals surface area contributed by atoms with E-state index in [4.69, 9.17) is 15.6 Å². The van der Waals surface area contributed by atoms with Crippen molar-refractivity contribution in [2.45, 2.75) is 6.61 Å². The third-order valence-corrected chi connectivity index (χ3v) is 3.03. The molecule has 24 heavy (non-hydrogen) atoms. The van der Waals surface area contributed by atoms with Gasteiger partial charge in [0.15, 0.2) is 5.69 Å². The van der Waals surface area contributed by atoms with E-state index in [0.717, 1.165) is 5.56 Å². The number of nitrogens with one attached hydrogen (secondary N) is 1. The standard InChI is InChI=1S/C17H17N3O4/c18-14-9-13(10-20-15(14)16(21)22)7-4-8-19-17(23)24-11-12-5-2-1-3-6-12/h1-7,9-10H,8,11,18H2,(H,19,23)(H,21,22). The molecule has 0 aliphatic rings. The molecule has 124 valence electrons. The molecule has 0 aliphatic heterocycles. The number of carbonyl (C=O) groups is 2. The van der Waals surface area contributed by atoms with Gasteiger partial charge in [-0.25, -0.2) is 14.6 Å². The van der Waals surface area contributed by atoms with Gasteiger partial charge in [-0.05, 0) is 17.2 Å². The number of nitrogen functional groups attached to an aromatic ring is 1. The maximum absolute atomic E-state index is 11.5. The van der Waals surface area contributed by atoms with Crippen LogP contribution in [0.1, 0.15) is 21.6 Å². The SMILES string of the molecule is Nc1cc(C=CCNC(=O)OCc2ccccc2)cnc1C(=O)O. The molecule has 2 aromatic rings. The Morgan fingerprint density at radius 2 is 2.04 bits per heavy atom. The van der Waals surface area contributed by atoms with Gasteiger partial charge in [-0.3, -0.25) is 0 Å². The summed E-state index contributed by atoms with van der Waals surface area (Å²) < 4.78 is 5.06. The lowest BCUT2D eigenvalue weighted by Gasteiger charge is -2.05. The van der Waals surface area contributed by atoms with Crippen LogP contribution >= 0.6 is 0 Å². The molecular formula is C17H17N3O4. The molecule has 0 spiro atoms. The Bertz CT molecular complexity index is 745. The summed E-state index contributed by atoms with van der Waals surface area (Å²) in [6, 6.07) is 10.9. The zero-order valence-corrected chi connectivity index (χ0v) is 12.8. The number of carboxylic acids is 1. The third kappa shape index (κ3) is 5.13. The van der Waals surface area contributed by atoms with E-state index in [-0.39, 0.29) is 24.5 Å². The predicted octanol–water partition coefficient (Wildman–Crippen LogP) is 2.30. The number of ether oxygens (including phenoxy) is 1. The number of aromatic nitrogens is 1. The molecule has 1 amide bonds. The monoisotopic (exact) mass is 327 g/mol. The van der Waals surface area contributed by atoms with E-state index in [1.807, 2.05) is 30.3 Å². The molecule has 0 saturated carbocycles. The number of hydrogen-bond donors (Lipinski definition) is 3. The summed E-state index contributed by atoms with van der Waals surface area (Å²) in [5.41, 5.74) is 7.04. The number of alkyl carbamates (subject to hydrolysis) is 1. The molecule has 0 bridgehead atoms. The minimum absolute atomic E-state index is 0.0832. The topological polar surface area (TPSA) is 115 Å². The number of benzene rings is 1. The lowest BCUT2D eigenvalue weighted by atomic mass is 10.2. The molecule has 0 saturated heterocycles. The Kier molecular flexibility index (Phi) is 5.90. The van der Waals surface area contributed by atoms with Crippen LogP contribution in [0.15, 0.2) is 48.7 Å². The Balaban J connectivity index is 1.77. The maximum Gasteiger partial charge on any atom is 0.407 e.